The van der Waals surface area contributed by atoms with Gasteiger partial charge in [0.1, 0.15) is 5.82 Å². The zero-order valence-electron chi connectivity index (χ0n) is 13.0. The van der Waals surface area contributed by atoms with E-state index in [2.05, 4.69) is 0 Å². The second-order valence-corrected chi connectivity index (χ2v) is 6.72. The highest BCUT2D eigenvalue weighted by Gasteiger charge is 2.52. The summed E-state index contributed by atoms with van der Waals surface area (Å²) < 4.78 is 26.2. The molecule has 1 saturated heterocycles. The summed E-state index contributed by atoms with van der Waals surface area (Å²) in [6, 6.07) is 3.08. The maximum Gasteiger partial charge on any atom is 0.497 e. The second kappa shape index (κ2) is 4.30. The number of rotatable bonds is 1. The third kappa shape index (κ3) is 2.08. The Bertz CT molecular complexity index is 614. The van der Waals surface area contributed by atoms with Crippen LogP contribution in [-0.2, 0) is 20.5 Å². The minimum atomic E-state index is -0.749. The fourth-order valence-corrected chi connectivity index (χ4v) is 2.65. The van der Waals surface area contributed by atoms with Crippen LogP contribution in [-0.4, -0.2) is 31.3 Å². The molecule has 0 aliphatic carbocycles. The van der Waals surface area contributed by atoms with Gasteiger partial charge in [-0.25, -0.2) is 4.39 Å². The molecule has 0 bridgehead atoms. The number of benzene rings is 1. The molecule has 0 spiro atoms. The Morgan fingerprint density at radius 3 is 2.33 bits per heavy atom. The van der Waals surface area contributed by atoms with Crippen LogP contribution in [0.15, 0.2) is 12.1 Å². The predicted octanol–water partition coefficient (Wildman–Crippen LogP) is 1.64. The molecule has 21 heavy (non-hydrogen) atoms. The lowest BCUT2D eigenvalue weighted by molar-refractivity contribution is -0.117. The number of carbonyl (C=O) groups excluding carboxylic acids is 1. The van der Waals surface area contributed by atoms with Gasteiger partial charge >= 0.3 is 7.12 Å². The molecule has 3 rings (SSSR count). The molecule has 4 nitrogen and oxygen atoms in total. The van der Waals surface area contributed by atoms with Gasteiger partial charge in [-0.05, 0) is 39.3 Å². The standard InChI is InChI=1S/C15H19BFNO3/c1-14(2)15(3,4)21-16(20-14)10-6-9-7-13(19)18(5)12(9)8-11(10)17/h6,8H,7H2,1-5H3. The monoisotopic (exact) mass is 291 g/mol. The lowest BCUT2D eigenvalue weighted by Gasteiger charge is -2.32. The van der Waals surface area contributed by atoms with Crippen molar-refractivity contribution in [2.24, 2.45) is 0 Å². The molecule has 1 amide bonds. The Balaban J connectivity index is 1.99. The molecule has 0 atom stereocenters. The Kier molecular flexibility index (Phi) is 2.98. The van der Waals surface area contributed by atoms with Crippen LogP contribution in [0.1, 0.15) is 33.3 Å². The van der Waals surface area contributed by atoms with Crippen LogP contribution >= 0.6 is 0 Å². The van der Waals surface area contributed by atoms with Gasteiger partial charge in [-0.2, -0.15) is 0 Å². The van der Waals surface area contributed by atoms with Gasteiger partial charge in [0, 0.05) is 18.2 Å². The molecular formula is C15H19BFNO3. The SMILES string of the molecule is CN1C(=O)Cc2cc(B3OC(C)(C)C(C)(C)O3)c(F)cc21. The molecule has 1 aromatic rings. The van der Waals surface area contributed by atoms with Gasteiger partial charge in [0.2, 0.25) is 5.91 Å². The summed E-state index contributed by atoms with van der Waals surface area (Å²) in [4.78, 5) is 13.2. The van der Waals surface area contributed by atoms with E-state index >= 15 is 0 Å². The van der Waals surface area contributed by atoms with E-state index in [9.17, 15) is 9.18 Å². The highest BCUT2D eigenvalue weighted by molar-refractivity contribution is 6.62. The summed E-state index contributed by atoms with van der Waals surface area (Å²) in [6.45, 7) is 7.70. The highest BCUT2D eigenvalue weighted by Crippen LogP contribution is 2.37. The first-order chi connectivity index (χ1) is 9.62. The Hall–Kier alpha value is -1.40. The summed E-state index contributed by atoms with van der Waals surface area (Å²) in [5.41, 5.74) is 0.757. The molecule has 1 aromatic carbocycles. The first kappa shape index (κ1) is 14.5. The second-order valence-electron chi connectivity index (χ2n) is 6.72. The average Bonchev–Trinajstić information content (AvgIpc) is 2.74. The molecule has 0 N–H and O–H groups in total. The van der Waals surface area contributed by atoms with Gasteiger partial charge in [0.05, 0.1) is 17.6 Å². The lowest BCUT2D eigenvalue weighted by atomic mass is 9.77. The van der Waals surface area contributed by atoms with Crippen molar-refractivity contribution < 1.29 is 18.5 Å². The van der Waals surface area contributed by atoms with Gasteiger partial charge in [0.25, 0.3) is 0 Å². The molecule has 112 valence electrons. The number of halogens is 1. The van der Waals surface area contributed by atoms with Gasteiger partial charge in [-0.15, -0.1) is 0 Å². The number of hydrogen-bond acceptors (Lipinski definition) is 3. The number of anilines is 1. The fourth-order valence-electron chi connectivity index (χ4n) is 2.65. The first-order valence-corrected chi connectivity index (χ1v) is 7.07. The predicted molar refractivity (Wildman–Crippen MR) is 79.2 cm³/mol. The van der Waals surface area contributed by atoms with E-state index in [0.29, 0.717) is 17.6 Å². The Morgan fingerprint density at radius 2 is 1.76 bits per heavy atom. The van der Waals surface area contributed by atoms with Gasteiger partial charge in [-0.1, -0.05) is 6.07 Å². The fraction of sp³-hybridized carbons (Fsp3) is 0.533. The van der Waals surface area contributed by atoms with E-state index in [1.165, 1.54) is 11.0 Å². The molecule has 2 aliphatic heterocycles. The number of fused-ring (bicyclic) bond motifs is 1. The minimum Gasteiger partial charge on any atom is -0.399 e. The van der Waals surface area contributed by atoms with E-state index in [1.54, 1.807) is 13.1 Å². The maximum atomic E-state index is 14.4. The van der Waals surface area contributed by atoms with Crippen molar-refractivity contribution in [1.82, 2.24) is 0 Å². The van der Waals surface area contributed by atoms with Crippen LogP contribution in [0.25, 0.3) is 0 Å². The van der Waals surface area contributed by atoms with Crippen molar-refractivity contribution in [1.29, 1.82) is 0 Å². The van der Waals surface area contributed by atoms with Crippen molar-refractivity contribution in [3.63, 3.8) is 0 Å². The summed E-state index contributed by atoms with van der Waals surface area (Å²) in [7, 11) is 0.906. The Morgan fingerprint density at radius 1 is 1.19 bits per heavy atom. The summed E-state index contributed by atoms with van der Waals surface area (Å²) in [5.74, 6) is -0.440. The summed E-state index contributed by atoms with van der Waals surface area (Å²) >= 11 is 0. The zero-order chi connectivity index (χ0) is 15.6. The largest absolute Gasteiger partial charge is 0.497 e. The maximum absolute atomic E-state index is 14.4. The van der Waals surface area contributed by atoms with Crippen molar-refractivity contribution in [2.45, 2.75) is 45.3 Å². The minimum absolute atomic E-state index is 0.0320. The highest BCUT2D eigenvalue weighted by atomic mass is 19.1. The molecule has 0 aromatic heterocycles. The Labute approximate surface area is 124 Å². The van der Waals surface area contributed by atoms with Gasteiger partial charge < -0.3 is 14.2 Å². The number of nitrogens with zero attached hydrogens (tertiary/aromatic N) is 1. The van der Waals surface area contributed by atoms with E-state index < -0.39 is 24.1 Å². The summed E-state index contributed by atoms with van der Waals surface area (Å²) in [5, 5.41) is 0. The van der Waals surface area contributed by atoms with Crippen LogP contribution in [0.4, 0.5) is 10.1 Å². The first-order valence-electron chi connectivity index (χ1n) is 7.07. The molecule has 2 heterocycles. The smallest absolute Gasteiger partial charge is 0.399 e. The zero-order valence-corrected chi connectivity index (χ0v) is 13.0. The van der Waals surface area contributed by atoms with Crippen LogP contribution in [0.5, 0.6) is 0 Å². The number of amides is 1. The van der Waals surface area contributed by atoms with E-state index in [-0.39, 0.29) is 5.91 Å². The topological polar surface area (TPSA) is 38.8 Å². The number of carbonyl (C=O) groups is 1. The van der Waals surface area contributed by atoms with Crippen molar-refractivity contribution in [2.75, 3.05) is 11.9 Å². The van der Waals surface area contributed by atoms with E-state index in [1.807, 2.05) is 27.7 Å². The molecule has 0 unspecified atom stereocenters. The third-order valence-electron chi connectivity index (χ3n) is 4.78. The molecule has 1 fully saturated rings. The van der Waals surface area contributed by atoms with Crippen molar-refractivity contribution >= 4 is 24.2 Å². The molecular weight excluding hydrogens is 272 g/mol. The number of likely N-dealkylation sites (N-methyl/N-ethyl adjacent to an activating group) is 1. The van der Waals surface area contributed by atoms with E-state index in [0.717, 1.165) is 5.56 Å². The normalized spacial score (nSPS) is 22.9. The molecule has 0 saturated carbocycles. The molecule has 6 heteroatoms. The quantitative estimate of drug-likeness (QED) is 0.738. The van der Waals surface area contributed by atoms with Crippen LogP contribution in [0, 0.1) is 5.82 Å². The third-order valence-corrected chi connectivity index (χ3v) is 4.78. The lowest BCUT2D eigenvalue weighted by Crippen LogP contribution is -2.41. The summed E-state index contributed by atoms with van der Waals surface area (Å²) in [6.07, 6.45) is 0.290. The van der Waals surface area contributed by atoms with Crippen molar-refractivity contribution in [3.8, 4) is 0 Å². The van der Waals surface area contributed by atoms with E-state index in [4.69, 9.17) is 9.31 Å². The molecule has 2 aliphatic rings. The van der Waals surface area contributed by atoms with Crippen LogP contribution in [0.2, 0.25) is 0 Å². The van der Waals surface area contributed by atoms with Gasteiger partial charge in [-0.3, -0.25) is 4.79 Å². The van der Waals surface area contributed by atoms with Gasteiger partial charge in [0.15, 0.2) is 0 Å². The average molecular weight is 291 g/mol. The van der Waals surface area contributed by atoms with Crippen LogP contribution < -0.4 is 10.4 Å². The van der Waals surface area contributed by atoms with Crippen molar-refractivity contribution in [3.05, 3.63) is 23.5 Å². The molecule has 0 radical (unpaired) electrons. The number of hydrogen-bond donors (Lipinski definition) is 0. The van der Waals surface area contributed by atoms with Crippen LogP contribution in [0.3, 0.4) is 0 Å².